The molecule has 0 aliphatic carbocycles. The van der Waals surface area contributed by atoms with Crippen LogP contribution in [-0.4, -0.2) is 43.6 Å². The Morgan fingerprint density at radius 3 is 2.25 bits per heavy atom. The number of hydrogen-bond donors (Lipinski definition) is 1. The first-order chi connectivity index (χ1) is 7.58. The largest absolute Gasteiger partial charge is 0.317 e. The van der Waals surface area contributed by atoms with Crippen LogP contribution in [0.15, 0.2) is 0 Å². The lowest BCUT2D eigenvalue weighted by atomic mass is 9.84. The van der Waals surface area contributed by atoms with Crippen LogP contribution in [0.3, 0.4) is 0 Å². The Hall–Kier alpha value is -0.130. The number of fused-ring (bicyclic) bond motifs is 2. The van der Waals surface area contributed by atoms with Gasteiger partial charge in [0.05, 0.1) is 5.75 Å². The molecular formula is C11H22N2O2S. The van der Waals surface area contributed by atoms with E-state index in [9.17, 15) is 8.42 Å². The Morgan fingerprint density at radius 1 is 1.25 bits per heavy atom. The van der Waals surface area contributed by atoms with Gasteiger partial charge in [-0.3, -0.25) is 0 Å². The van der Waals surface area contributed by atoms with Crippen molar-refractivity contribution in [1.29, 1.82) is 0 Å². The molecule has 2 atom stereocenters. The number of piperidine rings is 2. The van der Waals surface area contributed by atoms with E-state index in [2.05, 4.69) is 5.32 Å². The number of nitrogens with zero attached hydrogens (tertiary/aromatic N) is 1. The van der Waals surface area contributed by atoms with Gasteiger partial charge in [-0.2, -0.15) is 4.31 Å². The van der Waals surface area contributed by atoms with Crippen LogP contribution >= 0.6 is 0 Å². The zero-order valence-corrected chi connectivity index (χ0v) is 11.0. The smallest absolute Gasteiger partial charge is 0.214 e. The highest BCUT2D eigenvalue weighted by molar-refractivity contribution is 7.89. The summed E-state index contributed by atoms with van der Waals surface area (Å²) in [7, 11) is -1.03. The van der Waals surface area contributed by atoms with E-state index >= 15 is 0 Å². The molecule has 0 radical (unpaired) electrons. The molecule has 4 nitrogen and oxygen atoms in total. The lowest BCUT2D eigenvalue weighted by Gasteiger charge is -2.47. The van der Waals surface area contributed by atoms with Crippen molar-refractivity contribution in [3.63, 3.8) is 0 Å². The number of hydrogen-bond acceptors (Lipinski definition) is 3. The van der Waals surface area contributed by atoms with Crippen LogP contribution < -0.4 is 5.32 Å². The van der Waals surface area contributed by atoms with Crippen molar-refractivity contribution in [2.45, 2.75) is 57.2 Å². The van der Waals surface area contributed by atoms with E-state index in [-0.39, 0.29) is 17.8 Å². The van der Waals surface area contributed by atoms with Crippen LogP contribution in [0.2, 0.25) is 0 Å². The molecule has 1 N–H and O–H groups in total. The van der Waals surface area contributed by atoms with Crippen molar-refractivity contribution in [3.05, 3.63) is 0 Å². The fourth-order valence-electron chi connectivity index (χ4n) is 3.18. The summed E-state index contributed by atoms with van der Waals surface area (Å²) in [6, 6.07) is 0.989. The van der Waals surface area contributed by atoms with E-state index in [1.807, 2.05) is 11.4 Å². The summed E-state index contributed by atoms with van der Waals surface area (Å²) in [5, 5.41) is 3.30. The summed E-state index contributed by atoms with van der Waals surface area (Å²) in [6.45, 7) is 1.75. The van der Waals surface area contributed by atoms with Gasteiger partial charge in [0.1, 0.15) is 0 Å². The van der Waals surface area contributed by atoms with Gasteiger partial charge in [-0.15, -0.1) is 0 Å². The van der Waals surface area contributed by atoms with E-state index in [0.717, 1.165) is 25.7 Å². The molecule has 2 aliphatic rings. The monoisotopic (exact) mass is 246 g/mol. The quantitative estimate of drug-likeness (QED) is 0.806. The lowest BCUT2D eigenvalue weighted by molar-refractivity contribution is 0.102. The van der Waals surface area contributed by atoms with E-state index in [1.54, 1.807) is 6.92 Å². The molecule has 2 heterocycles. The Kier molecular flexibility index (Phi) is 3.56. The van der Waals surface area contributed by atoms with Gasteiger partial charge in [0.15, 0.2) is 0 Å². The molecule has 2 fully saturated rings. The minimum atomic E-state index is -3.01. The molecule has 2 bridgehead atoms. The second-order valence-electron chi connectivity index (χ2n) is 4.93. The van der Waals surface area contributed by atoms with Crippen LogP contribution in [0.25, 0.3) is 0 Å². The van der Waals surface area contributed by atoms with Gasteiger partial charge in [-0.1, -0.05) is 6.42 Å². The minimum Gasteiger partial charge on any atom is -0.317 e. The normalized spacial score (nSPS) is 36.2. The number of nitrogens with one attached hydrogen (secondary N) is 1. The zero-order chi connectivity index (χ0) is 11.8. The van der Waals surface area contributed by atoms with Crippen molar-refractivity contribution in [3.8, 4) is 0 Å². The van der Waals surface area contributed by atoms with Gasteiger partial charge in [0, 0.05) is 18.1 Å². The Morgan fingerprint density at radius 2 is 1.81 bits per heavy atom. The fraction of sp³-hybridized carbons (Fsp3) is 1.00. The predicted molar refractivity (Wildman–Crippen MR) is 64.8 cm³/mol. The highest BCUT2D eigenvalue weighted by atomic mass is 32.2. The molecule has 2 rings (SSSR count). The second-order valence-corrected chi connectivity index (χ2v) is 7.09. The van der Waals surface area contributed by atoms with Gasteiger partial charge in [-0.05, 0) is 39.7 Å². The third-order valence-corrected chi connectivity index (χ3v) is 5.97. The van der Waals surface area contributed by atoms with E-state index in [0.29, 0.717) is 6.04 Å². The maximum absolute atomic E-state index is 12.1. The first-order valence-corrected chi connectivity index (χ1v) is 7.88. The van der Waals surface area contributed by atoms with Crippen LogP contribution in [-0.2, 0) is 10.0 Å². The Bertz CT molecular complexity index is 328. The van der Waals surface area contributed by atoms with Gasteiger partial charge in [0.25, 0.3) is 0 Å². The average molecular weight is 246 g/mol. The second kappa shape index (κ2) is 4.63. The summed E-state index contributed by atoms with van der Waals surface area (Å²) < 4.78 is 26.0. The zero-order valence-electron chi connectivity index (χ0n) is 10.1. The summed E-state index contributed by atoms with van der Waals surface area (Å²) in [5.41, 5.74) is 0. The van der Waals surface area contributed by atoms with Crippen LogP contribution in [0.1, 0.15) is 39.0 Å². The van der Waals surface area contributed by atoms with Crippen LogP contribution in [0.5, 0.6) is 0 Å². The molecular weight excluding hydrogens is 224 g/mol. The van der Waals surface area contributed by atoms with Gasteiger partial charge in [-0.25, -0.2) is 8.42 Å². The van der Waals surface area contributed by atoms with Gasteiger partial charge < -0.3 is 5.32 Å². The first kappa shape index (κ1) is 12.3. The van der Waals surface area contributed by atoms with Crippen molar-refractivity contribution in [2.75, 3.05) is 12.8 Å². The SMILES string of the molecule is CCS(=O)(=O)N1[C@@H]2CCC[C@@H]1CC(NC)C2. The fourth-order valence-corrected chi connectivity index (χ4v) is 4.77. The topological polar surface area (TPSA) is 49.4 Å². The summed E-state index contributed by atoms with van der Waals surface area (Å²) in [5.74, 6) is 0.240. The average Bonchev–Trinajstić information content (AvgIpc) is 2.27. The standard InChI is InChI=1S/C11H22N2O2S/c1-3-16(14,15)13-10-5-4-6-11(13)8-9(7-10)12-2/h9-12H,3-8H2,1-2H3/t10-,11-/m1/s1. The minimum absolute atomic E-state index is 0.240. The Balaban J connectivity index is 2.21. The molecule has 2 aliphatic heterocycles. The molecule has 2 saturated heterocycles. The van der Waals surface area contributed by atoms with E-state index in [4.69, 9.17) is 0 Å². The summed E-state index contributed by atoms with van der Waals surface area (Å²) >= 11 is 0. The van der Waals surface area contributed by atoms with E-state index < -0.39 is 10.0 Å². The highest BCUT2D eigenvalue weighted by Crippen LogP contribution is 2.36. The molecule has 5 heteroatoms. The molecule has 16 heavy (non-hydrogen) atoms. The highest BCUT2D eigenvalue weighted by Gasteiger charge is 2.43. The van der Waals surface area contributed by atoms with Crippen molar-refractivity contribution in [1.82, 2.24) is 9.62 Å². The molecule has 0 unspecified atom stereocenters. The molecule has 94 valence electrons. The third-order valence-electron chi connectivity index (χ3n) is 4.00. The van der Waals surface area contributed by atoms with Gasteiger partial charge >= 0.3 is 0 Å². The molecule has 0 aromatic rings. The number of rotatable bonds is 3. The lowest BCUT2D eigenvalue weighted by Crippen LogP contribution is -2.58. The summed E-state index contributed by atoms with van der Waals surface area (Å²) in [6.07, 6.45) is 5.21. The van der Waals surface area contributed by atoms with E-state index in [1.165, 1.54) is 6.42 Å². The predicted octanol–water partition coefficient (Wildman–Crippen LogP) is 0.941. The molecule has 0 aromatic carbocycles. The van der Waals surface area contributed by atoms with Crippen molar-refractivity contribution < 1.29 is 8.42 Å². The van der Waals surface area contributed by atoms with Crippen molar-refractivity contribution >= 4 is 10.0 Å². The maximum Gasteiger partial charge on any atom is 0.214 e. The van der Waals surface area contributed by atoms with Crippen molar-refractivity contribution in [2.24, 2.45) is 0 Å². The maximum atomic E-state index is 12.1. The summed E-state index contributed by atoms with van der Waals surface area (Å²) in [4.78, 5) is 0. The van der Waals surface area contributed by atoms with Gasteiger partial charge in [0.2, 0.25) is 10.0 Å². The van der Waals surface area contributed by atoms with Crippen LogP contribution in [0, 0.1) is 0 Å². The number of sulfonamides is 1. The molecule has 0 amide bonds. The molecule has 0 aromatic heterocycles. The molecule has 0 saturated carbocycles. The third kappa shape index (κ3) is 2.13. The Labute approximate surface area is 98.4 Å². The first-order valence-electron chi connectivity index (χ1n) is 6.27. The van der Waals surface area contributed by atoms with Crippen LogP contribution in [0.4, 0.5) is 0 Å². The molecule has 0 spiro atoms.